The molecular weight excluding hydrogens is 502 g/mol. The Bertz CT molecular complexity index is 1150. The summed E-state index contributed by atoms with van der Waals surface area (Å²) in [5.74, 6) is 0.106. The number of anilines is 1. The molecule has 1 N–H and O–H groups in total. The molecule has 2 rings (SSSR count). The average Bonchev–Trinajstić information content (AvgIpc) is 2.84. The van der Waals surface area contributed by atoms with Crippen molar-refractivity contribution >= 4 is 27.5 Å². The zero-order chi connectivity index (χ0) is 28.3. The summed E-state index contributed by atoms with van der Waals surface area (Å²) >= 11 is 0. The Morgan fingerprint density at radius 2 is 1.61 bits per heavy atom. The topological polar surface area (TPSA) is 96.0 Å². The van der Waals surface area contributed by atoms with Gasteiger partial charge in [0.1, 0.15) is 11.8 Å². The molecule has 0 fully saturated rings. The monoisotopic (exact) mass is 545 g/mol. The number of amides is 2. The van der Waals surface area contributed by atoms with E-state index < -0.39 is 21.6 Å². The van der Waals surface area contributed by atoms with Gasteiger partial charge in [0.25, 0.3) is 0 Å². The fourth-order valence-corrected chi connectivity index (χ4v) is 5.24. The zero-order valence-corrected chi connectivity index (χ0v) is 24.4. The van der Waals surface area contributed by atoms with Crippen molar-refractivity contribution in [1.82, 2.24) is 10.2 Å². The van der Waals surface area contributed by atoms with E-state index in [-0.39, 0.29) is 24.8 Å². The summed E-state index contributed by atoms with van der Waals surface area (Å²) in [6, 6.07) is 16.2. The van der Waals surface area contributed by atoms with Crippen molar-refractivity contribution in [2.45, 2.75) is 71.9 Å². The quantitative estimate of drug-likeness (QED) is 0.380. The highest BCUT2D eigenvalue weighted by Crippen LogP contribution is 2.30. The summed E-state index contributed by atoms with van der Waals surface area (Å²) in [6.45, 7) is 10.4. The Morgan fingerprint density at radius 3 is 2.18 bits per heavy atom. The second kappa shape index (κ2) is 14.2. The molecule has 8 nitrogen and oxygen atoms in total. The molecule has 0 saturated heterocycles. The van der Waals surface area contributed by atoms with Crippen LogP contribution in [0.3, 0.4) is 0 Å². The van der Waals surface area contributed by atoms with Crippen LogP contribution < -0.4 is 14.4 Å². The minimum atomic E-state index is -3.61. The first kappa shape index (κ1) is 31.1. The van der Waals surface area contributed by atoms with E-state index in [1.54, 1.807) is 29.2 Å². The van der Waals surface area contributed by atoms with E-state index in [1.165, 1.54) is 4.31 Å². The second-order valence-corrected chi connectivity index (χ2v) is 12.2. The van der Waals surface area contributed by atoms with Crippen LogP contribution >= 0.6 is 0 Å². The first-order valence-corrected chi connectivity index (χ1v) is 15.1. The van der Waals surface area contributed by atoms with Gasteiger partial charge in [-0.25, -0.2) is 8.42 Å². The van der Waals surface area contributed by atoms with Crippen molar-refractivity contribution in [3.8, 4) is 5.75 Å². The van der Waals surface area contributed by atoms with Crippen molar-refractivity contribution in [2.75, 3.05) is 30.3 Å². The summed E-state index contributed by atoms with van der Waals surface area (Å²) in [5, 5.41) is 3.00. The molecular formula is C29H43N3O5S. The fourth-order valence-electron chi connectivity index (χ4n) is 4.27. The molecule has 0 saturated carbocycles. The maximum atomic E-state index is 13.5. The lowest BCUT2D eigenvalue weighted by molar-refractivity contribution is -0.141. The van der Waals surface area contributed by atoms with Gasteiger partial charge in [-0.3, -0.25) is 13.9 Å². The third-order valence-corrected chi connectivity index (χ3v) is 7.13. The zero-order valence-electron chi connectivity index (χ0n) is 23.6. The summed E-state index contributed by atoms with van der Waals surface area (Å²) in [6.07, 6.45) is 2.64. The van der Waals surface area contributed by atoms with Crippen LogP contribution in [0.15, 0.2) is 54.6 Å². The average molecular weight is 546 g/mol. The molecule has 1 atom stereocenters. The number of nitrogens with one attached hydrogen (secondary N) is 1. The maximum Gasteiger partial charge on any atom is 0.243 e. The number of nitrogens with zero attached hydrogens (tertiary/aromatic N) is 2. The van der Waals surface area contributed by atoms with E-state index in [2.05, 4.69) is 5.32 Å². The van der Waals surface area contributed by atoms with Crippen molar-refractivity contribution in [3.05, 3.63) is 60.2 Å². The molecule has 2 aromatic carbocycles. The minimum Gasteiger partial charge on any atom is -0.492 e. The molecule has 0 aromatic heterocycles. The van der Waals surface area contributed by atoms with Gasteiger partial charge < -0.3 is 15.0 Å². The van der Waals surface area contributed by atoms with Crippen LogP contribution in [0.2, 0.25) is 0 Å². The molecule has 0 aliphatic carbocycles. The van der Waals surface area contributed by atoms with Gasteiger partial charge in [0, 0.05) is 25.0 Å². The first-order valence-electron chi connectivity index (χ1n) is 13.2. The highest BCUT2D eigenvalue weighted by atomic mass is 32.2. The number of para-hydroxylation sites is 2. The molecule has 9 heteroatoms. The molecule has 0 aliphatic rings. The molecule has 2 aromatic rings. The number of hydrogen-bond acceptors (Lipinski definition) is 5. The van der Waals surface area contributed by atoms with E-state index in [0.717, 1.165) is 11.8 Å². The second-order valence-electron chi connectivity index (χ2n) is 10.3. The molecule has 0 spiro atoms. The van der Waals surface area contributed by atoms with Crippen LogP contribution in [0.4, 0.5) is 5.69 Å². The van der Waals surface area contributed by atoms with Gasteiger partial charge in [-0.1, -0.05) is 49.4 Å². The number of carbonyl (C=O) groups excluding carboxylic acids is 2. The summed E-state index contributed by atoms with van der Waals surface area (Å²) in [4.78, 5) is 28.3. The Balaban J connectivity index is 2.22. The number of rotatable bonds is 14. The van der Waals surface area contributed by atoms with Gasteiger partial charge >= 0.3 is 0 Å². The van der Waals surface area contributed by atoms with E-state index in [9.17, 15) is 18.0 Å². The Kier molecular flexibility index (Phi) is 11.6. The third kappa shape index (κ3) is 9.67. The molecule has 0 heterocycles. The number of benzene rings is 2. The van der Waals surface area contributed by atoms with Crippen LogP contribution in [-0.4, -0.2) is 62.7 Å². The third-order valence-electron chi connectivity index (χ3n) is 5.95. The first-order chi connectivity index (χ1) is 17.9. The highest BCUT2D eigenvalue weighted by molar-refractivity contribution is 7.92. The normalized spacial score (nSPS) is 12.5. The molecule has 0 bridgehead atoms. The van der Waals surface area contributed by atoms with Crippen molar-refractivity contribution in [2.24, 2.45) is 0 Å². The van der Waals surface area contributed by atoms with Gasteiger partial charge in [-0.15, -0.1) is 0 Å². The number of ether oxygens (including phenoxy) is 1. The SMILES string of the molecule is CCOc1ccccc1N(CCCC(=O)N(CCc1ccccc1)[C@H](CC)C(=O)NC(C)(C)C)S(C)(=O)=O. The van der Waals surface area contributed by atoms with E-state index in [0.29, 0.717) is 43.9 Å². The summed E-state index contributed by atoms with van der Waals surface area (Å²) in [5.41, 5.74) is 1.09. The van der Waals surface area contributed by atoms with Crippen LogP contribution in [0.1, 0.15) is 59.4 Å². The largest absolute Gasteiger partial charge is 0.492 e. The Hall–Kier alpha value is -3.07. The van der Waals surface area contributed by atoms with Gasteiger partial charge in [-0.2, -0.15) is 0 Å². The molecule has 210 valence electrons. The van der Waals surface area contributed by atoms with Gasteiger partial charge in [-0.05, 0) is 64.7 Å². The highest BCUT2D eigenvalue weighted by Gasteiger charge is 2.30. The maximum absolute atomic E-state index is 13.5. The molecule has 2 amide bonds. The molecule has 0 unspecified atom stereocenters. The minimum absolute atomic E-state index is 0.108. The van der Waals surface area contributed by atoms with Crippen LogP contribution in [0, 0.1) is 0 Å². The van der Waals surface area contributed by atoms with E-state index in [4.69, 9.17) is 4.74 Å². The van der Waals surface area contributed by atoms with Crippen molar-refractivity contribution in [1.29, 1.82) is 0 Å². The Labute approximate surface area is 228 Å². The lowest BCUT2D eigenvalue weighted by atomic mass is 10.0. The van der Waals surface area contributed by atoms with Crippen LogP contribution in [0.5, 0.6) is 5.75 Å². The van der Waals surface area contributed by atoms with E-state index in [1.807, 2.05) is 65.0 Å². The van der Waals surface area contributed by atoms with Gasteiger partial charge in [0.15, 0.2) is 0 Å². The number of hydrogen-bond donors (Lipinski definition) is 1. The summed E-state index contributed by atoms with van der Waals surface area (Å²) < 4.78 is 32.2. The van der Waals surface area contributed by atoms with Crippen LogP contribution in [0.25, 0.3) is 0 Å². The van der Waals surface area contributed by atoms with Gasteiger partial charge in [0.2, 0.25) is 21.8 Å². The smallest absolute Gasteiger partial charge is 0.243 e. The predicted octanol–water partition coefficient (Wildman–Crippen LogP) is 4.40. The summed E-state index contributed by atoms with van der Waals surface area (Å²) in [7, 11) is -3.61. The van der Waals surface area contributed by atoms with E-state index >= 15 is 0 Å². The van der Waals surface area contributed by atoms with Crippen molar-refractivity contribution in [3.63, 3.8) is 0 Å². The standard InChI is InChI=1S/C29H43N3O5S/c1-7-24(28(34)30-29(3,4)5)31(22-20-23-15-10-9-11-16-23)27(33)19-14-21-32(38(6,35)36)25-17-12-13-18-26(25)37-8-2/h9-13,15-18,24H,7-8,14,19-22H2,1-6H3,(H,30,34)/t24-/m1/s1. The lowest BCUT2D eigenvalue weighted by Crippen LogP contribution is -2.54. The lowest BCUT2D eigenvalue weighted by Gasteiger charge is -2.33. The predicted molar refractivity (Wildman–Crippen MR) is 153 cm³/mol. The van der Waals surface area contributed by atoms with Gasteiger partial charge in [0.05, 0.1) is 18.6 Å². The molecule has 0 radical (unpaired) electrons. The molecule has 0 aliphatic heterocycles. The van der Waals surface area contributed by atoms with Crippen molar-refractivity contribution < 1.29 is 22.7 Å². The number of sulfonamides is 1. The fraction of sp³-hybridized carbons (Fsp3) is 0.517. The Morgan fingerprint density at radius 1 is 0.974 bits per heavy atom. The molecule has 38 heavy (non-hydrogen) atoms. The van der Waals surface area contributed by atoms with Crippen LogP contribution in [-0.2, 0) is 26.0 Å². The number of carbonyl (C=O) groups is 2.